The molecule has 5 unspecified atom stereocenters. The Morgan fingerprint density at radius 3 is 2.29 bits per heavy atom. The van der Waals surface area contributed by atoms with Crippen LogP contribution in [0.3, 0.4) is 0 Å². The van der Waals surface area contributed by atoms with Crippen molar-refractivity contribution in [2.45, 2.75) is 75.3 Å². The summed E-state index contributed by atoms with van der Waals surface area (Å²) >= 11 is 0. The number of aliphatic hydroxyl groups excluding tert-OH is 1. The normalized spacial score (nSPS) is 30.5. The standard InChI is InChI=1S/C30H35NO11/c1-6-30(39)11-18(42-19-10-15(31(3)4)25(34)12(2)41-19)20-13(24(30)29(38)40-5)9-14-21(27(20)36)28(37)23-17(33)8-7-16(32)22(23)26(14)35/h7-9,12,15,18-19,24-25,32-34,36,39H,6,10-11H2,1-5H3/t12?,15?,18?,19-,24?,25?,30+/m1/s1. The number of likely N-dealkylation sites (N-methyl/N-ethyl adjacent to an activating group) is 1. The van der Waals surface area contributed by atoms with Crippen molar-refractivity contribution < 1.29 is 54.1 Å². The average molecular weight is 586 g/mol. The Bertz CT molecular complexity index is 1470. The van der Waals surface area contributed by atoms with Crippen LogP contribution in [0, 0.1) is 0 Å². The van der Waals surface area contributed by atoms with E-state index >= 15 is 0 Å². The molecule has 0 radical (unpaired) electrons. The van der Waals surface area contributed by atoms with E-state index in [4.69, 9.17) is 14.2 Å². The molecule has 0 aromatic heterocycles. The Morgan fingerprint density at radius 1 is 1.10 bits per heavy atom. The zero-order valence-corrected chi connectivity index (χ0v) is 24.0. The number of carbonyl (C=O) groups excluding carboxylic acids is 3. The van der Waals surface area contributed by atoms with Crippen molar-refractivity contribution in [1.82, 2.24) is 4.90 Å². The zero-order valence-electron chi connectivity index (χ0n) is 24.0. The van der Waals surface area contributed by atoms with E-state index in [1.807, 2.05) is 19.0 Å². The van der Waals surface area contributed by atoms with Crippen LogP contribution in [0.1, 0.15) is 88.1 Å². The molecule has 1 fully saturated rings. The van der Waals surface area contributed by atoms with Crippen molar-refractivity contribution in [2.75, 3.05) is 21.2 Å². The number of hydrogen-bond acceptors (Lipinski definition) is 12. The van der Waals surface area contributed by atoms with E-state index in [-0.39, 0.29) is 42.0 Å². The van der Waals surface area contributed by atoms with Gasteiger partial charge in [-0.1, -0.05) is 6.92 Å². The van der Waals surface area contributed by atoms with E-state index in [9.17, 15) is 39.9 Å². The van der Waals surface area contributed by atoms with Crippen molar-refractivity contribution in [2.24, 2.45) is 0 Å². The summed E-state index contributed by atoms with van der Waals surface area (Å²) in [5.74, 6) is -5.69. The maximum atomic E-state index is 13.7. The maximum Gasteiger partial charge on any atom is 0.316 e. The van der Waals surface area contributed by atoms with Gasteiger partial charge in [-0.05, 0) is 51.2 Å². The average Bonchev–Trinajstić information content (AvgIpc) is 2.93. The molecule has 42 heavy (non-hydrogen) atoms. The van der Waals surface area contributed by atoms with E-state index in [0.717, 1.165) is 19.2 Å². The summed E-state index contributed by atoms with van der Waals surface area (Å²) in [6, 6.07) is 3.05. The Balaban J connectivity index is 1.70. The highest BCUT2D eigenvalue weighted by molar-refractivity contribution is 6.31. The molecule has 0 saturated carbocycles. The summed E-state index contributed by atoms with van der Waals surface area (Å²) < 4.78 is 17.3. The summed E-state index contributed by atoms with van der Waals surface area (Å²) in [5.41, 5.74) is -3.36. The lowest BCUT2D eigenvalue weighted by Crippen LogP contribution is -2.54. The number of hydrogen-bond donors (Lipinski definition) is 5. The van der Waals surface area contributed by atoms with Crippen molar-refractivity contribution in [3.8, 4) is 17.2 Å². The number of phenols is 3. The number of benzene rings is 2. The van der Waals surface area contributed by atoms with Gasteiger partial charge in [-0.15, -0.1) is 0 Å². The second-order valence-corrected chi connectivity index (χ2v) is 11.4. The molecular formula is C30H35NO11. The Morgan fingerprint density at radius 2 is 1.71 bits per heavy atom. The van der Waals surface area contributed by atoms with Crippen LogP contribution in [-0.4, -0.2) is 99.3 Å². The molecule has 1 aliphatic heterocycles. The minimum absolute atomic E-state index is 0.00436. The number of aromatic hydroxyl groups is 3. The number of fused-ring (bicyclic) bond motifs is 3. The van der Waals surface area contributed by atoms with Gasteiger partial charge in [0.15, 0.2) is 12.1 Å². The minimum Gasteiger partial charge on any atom is -0.507 e. The first-order chi connectivity index (χ1) is 19.7. The molecule has 1 saturated heterocycles. The van der Waals surface area contributed by atoms with Gasteiger partial charge in [-0.3, -0.25) is 14.4 Å². The van der Waals surface area contributed by atoms with Crippen LogP contribution < -0.4 is 0 Å². The predicted octanol–water partition coefficient (Wildman–Crippen LogP) is 1.86. The number of phenolic OH excluding ortho intramolecular Hbond substituents is 3. The highest BCUT2D eigenvalue weighted by atomic mass is 16.7. The number of aliphatic hydroxyl groups is 2. The van der Waals surface area contributed by atoms with Crippen LogP contribution in [0.15, 0.2) is 18.2 Å². The van der Waals surface area contributed by atoms with E-state index < -0.39 is 87.6 Å². The smallest absolute Gasteiger partial charge is 0.316 e. The lowest BCUT2D eigenvalue weighted by atomic mass is 9.67. The van der Waals surface area contributed by atoms with Gasteiger partial charge in [-0.2, -0.15) is 0 Å². The van der Waals surface area contributed by atoms with Crippen molar-refractivity contribution >= 4 is 17.5 Å². The summed E-state index contributed by atoms with van der Waals surface area (Å²) in [5, 5.41) is 54.9. The van der Waals surface area contributed by atoms with E-state index in [2.05, 4.69) is 0 Å². The molecule has 226 valence electrons. The zero-order chi connectivity index (χ0) is 30.8. The molecule has 0 spiro atoms. The lowest BCUT2D eigenvalue weighted by Gasteiger charge is -2.46. The van der Waals surface area contributed by atoms with Crippen LogP contribution in [0.4, 0.5) is 0 Å². The highest BCUT2D eigenvalue weighted by Crippen LogP contribution is 2.54. The van der Waals surface area contributed by atoms with Crippen molar-refractivity contribution in [3.63, 3.8) is 0 Å². The molecule has 7 atom stereocenters. The Kier molecular flexibility index (Phi) is 7.57. The van der Waals surface area contributed by atoms with Crippen molar-refractivity contribution in [3.05, 3.63) is 51.6 Å². The van der Waals surface area contributed by atoms with Crippen LogP contribution in [0.5, 0.6) is 17.2 Å². The number of rotatable bonds is 5. The third-order valence-electron chi connectivity index (χ3n) is 8.87. The van der Waals surface area contributed by atoms with Gasteiger partial charge in [0, 0.05) is 30.0 Å². The quantitative estimate of drug-likeness (QED) is 0.217. The molecule has 1 heterocycles. The largest absolute Gasteiger partial charge is 0.507 e. The molecule has 0 bridgehead atoms. The summed E-state index contributed by atoms with van der Waals surface area (Å²) in [4.78, 5) is 42.2. The molecular weight excluding hydrogens is 550 g/mol. The van der Waals surface area contributed by atoms with Gasteiger partial charge in [0.1, 0.15) is 23.2 Å². The minimum atomic E-state index is -1.74. The van der Waals surface area contributed by atoms with Crippen LogP contribution >= 0.6 is 0 Å². The van der Waals surface area contributed by atoms with Crippen molar-refractivity contribution in [1.29, 1.82) is 0 Å². The number of esters is 1. The van der Waals surface area contributed by atoms with E-state index in [1.54, 1.807) is 13.8 Å². The fraction of sp³-hybridized carbons (Fsp3) is 0.500. The molecule has 0 amide bonds. The fourth-order valence-corrected chi connectivity index (χ4v) is 6.56. The Labute approximate surface area is 242 Å². The number of nitrogens with zero attached hydrogens (tertiary/aromatic N) is 1. The predicted molar refractivity (Wildman–Crippen MR) is 146 cm³/mol. The molecule has 12 heteroatoms. The molecule has 2 aromatic carbocycles. The molecule has 3 aliphatic rings. The van der Waals surface area contributed by atoms with Gasteiger partial charge < -0.3 is 44.6 Å². The molecule has 5 rings (SSSR count). The molecule has 12 nitrogen and oxygen atoms in total. The Hall–Kier alpha value is -3.55. The first-order valence-electron chi connectivity index (χ1n) is 13.7. The van der Waals surface area contributed by atoms with Gasteiger partial charge in [0.05, 0.1) is 47.7 Å². The lowest BCUT2D eigenvalue weighted by molar-refractivity contribution is -0.258. The SMILES string of the molecule is CC[C@]1(O)CC(O[C@@H]2CC(N(C)C)C(O)C(C)O2)c2c(cc3c(c2O)C(=O)c2c(O)ccc(O)c2C3=O)C1C(=O)OC. The van der Waals surface area contributed by atoms with E-state index in [1.165, 1.54) is 6.07 Å². The number of ketones is 2. The fourth-order valence-electron chi connectivity index (χ4n) is 6.56. The van der Waals surface area contributed by atoms with Gasteiger partial charge >= 0.3 is 5.97 Å². The summed E-state index contributed by atoms with van der Waals surface area (Å²) in [6.07, 6.45) is -3.34. The second-order valence-electron chi connectivity index (χ2n) is 11.4. The first-order valence-corrected chi connectivity index (χ1v) is 13.7. The third-order valence-corrected chi connectivity index (χ3v) is 8.87. The van der Waals surface area contributed by atoms with Gasteiger partial charge in [0.25, 0.3) is 0 Å². The molecule has 5 N–H and O–H groups in total. The summed E-state index contributed by atoms with van der Waals surface area (Å²) in [7, 11) is 4.76. The van der Waals surface area contributed by atoms with Crippen LogP contribution in [-0.2, 0) is 19.0 Å². The van der Waals surface area contributed by atoms with Gasteiger partial charge in [-0.25, -0.2) is 0 Å². The van der Waals surface area contributed by atoms with Gasteiger partial charge in [0.2, 0.25) is 5.78 Å². The third kappa shape index (κ3) is 4.45. The maximum absolute atomic E-state index is 13.7. The topological polar surface area (TPSA) is 183 Å². The molecule has 2 aromatic rings. The van der Waals surface area contributed by atoms with Crippen LogP contribution in [0.2, 0.25) is 0 Å². The monoisotopic (exact) mass is 585 g/mol. The first kappa shape index (κ1) is 29.9. The van der Waals surface area contributed by atoms with E-state index in [0.29, 0.717) is 0 Å². The van der Waals surface area contributed by atoms with Crippen LogP contribution in [0.25, 0.3) is 0 Å². The number of methoxy groups -OCH3 is 1. The summed E-state index contributed by atoms with van der Waals surface area (Å²) in [6.45, 7) is 3.36. The molecule has 2 aliphatic carbocycles. The number of carbonyl (C=O) groups is 3. The highest BCUT2D eigenvalue weighted by Gasteiger charge is 2.53. The number of ether oxygens (including phenoxy) is 3. The second kappa shape index (κ2) is 10.6.